The van der Waals surface area contributed by atoms with Gasteiger partial charge in [0, 0.05) is 19.6 Å². The summed E-state index contributed by atoms with van der Waals surface area (Å²) in [5, 5.41) is 6.53. The standard InChI is InChI=1S/C22H33N3O3/c1-22(10-12-23-13-11-22)17-24-21(27)18-6-5-14-25(16-18)20(26)9-15-28-19-7-3-2-4-8-19/h2-4,7-8,18,23H,5-6,9-17H2,1H3,(H,24,27). The number of para-hydroxylation sites is 1. The van der Waals surface area contributed by atoms with E-state index in [4.69, 9.17) is 4.74 Å². The fourth-order valence-corrected chi connectivity index (χ4v) is 4.00. The van der Waals surface area contributed by atoms with Gasteiger partial charge >= 0.3 is 0 Å². The molecule has 2 heterocycles. The second-order valence-corrected chi connectivity index (χ2v) is 8.37. The molecule has 0 aliphatic carbocycles. The summed E-state index contributed by atoms with van der Waals surface area (Å²) in [5.41, 5.74) is 0.180. The van der Waals surface area contributed by atoms with Gasteiger partial charge in [-0.05, 0) is 56.3 Å². The SMILES string of the molecule is CC1(CNC(=O)C2CCCN(C(=O)CCOc3ccccc3)C2)CCNCC1. The molecule has 6 nitrogen and oxygen atoms in total. The van der Waals surface area contributed by atoms with Crippen LogP contribution in [0.1, 0.15) is 39.0 Å². The Morgan fingerprint density at radius 2 is 2.00 bits per heavy atom. The lowest BCUT2D eigenvalue weighted by molar-refractivity contribution is -0.136. The van der Waals surface area contributed by atoms with Crippen molar-refractivity contribution in [2.75, 3.05) is 39.3 Å². The molecule has 2 aliphatic rings. The van der Waals surface area contributed by atoms with Gasteiger partial charge in [-0.3, -0.25) is 9.59 Å². The molecule has 0 bridgehead atoms. The summed E-state index contributed by atoms with van der Waals surface area (Å²) in [4.78, 5) is 27.0. The monoisotopic (exact) mass is 387 g/mol. The van der Waals surface area contributed by atoms with E-state index < -0.39 is 0 Å². The van der Waals surface area contributed by atoms with Gasteiger partial charge in [-0.1, -0.05) is 25.1 Å². The van der Waals surface area contributed by atoms with Gasteiger partial charge in [-0.15, -0.1) is 0 Å². The molecule has 2 aliphatic heterocycles. The highest BCUT2D eigenvalue weighted by Gasteiger charge is 2.31. The summed E-state index contributed by atoms with van der Waals surface area (Å²) in [6.45, 7) is 6.63. The van der Waals surface area contributed by atoms with Crippen LogP contribution in [0.3, 0.4) is 0 Å². The Hall–Kier alpha value is -2.08. The van der Waals surface area contributed by atoms with Crippen LogP contribution in [0.5, 0.6) is 5.75 Å². The largest absolute Gasteiger partial charge is 0.493 e. The van der Waals surface area contributed by atoms with E-state index in [9.17, 15) is 9.59 Å². The van der Waals surface area contributed by atoms with E-state index in [2.05, 4.69) is 17.6 Å². The number of hydrogen-bond donors (Lipinski definition) is 2. The molecule has 2 fully saturated rings. The van der Waals surface area contributed by atoms with Crippen LogP contribution in [0.4, 0.5) is 0 Å². The third-order valence-electron chi connectivity index (χ3n) is 5.97. The molecule has 3 rings (SSSR count). The highest BCUT2D eigenvalue weighted by Crippen LogP contribution is 2.27. The Bertz CT molecular complexity index is 644. The molecular formula is C22H33N3O3. The zero-order chi connectivity index (χ0) is 19.8. The normalized spacial score (nSPS) is 21.8. The lowest BCUT2D eigenvalue weighted by Crippen LogP contribution is -2.48. The van der Waals surface area contributed by atoms with Gasteiger partial charge < -0.3 is 20.3 Å². The summed E-state index contributed by atoms with van der Waals surface area (Å²) in [7, 11) is 0. The van der Waals surface area contributed by atoms with Gasteiger partial charge in [0.1, 0.15) is 5.75 Å². The number of benzene rings is 1. The van der Waals surface area contributed by atoms with Gasteiger partial charge in [0.15, 0.2) is 0 Å². The predicted molar refractivity (Wildman–Crippen MR) is 109 cm³/mol. The van der Waals surface area contributed by atoms with Crippen molar-refractivity contribution < 1.29 is 14.3 Å². The first-order valence-electron chi connectivity index (χ1n) is 10.5. The van der Waals surface area contributed by atoms with Crippen molar-refractivity contribution in [1.82, 2.24) is 15.5 Å². The van der Waals surface area contributed by atoms with Crippen LogP contribution in [-0.4, -0.2) is 56.0 Å². The summed E-state index contributed by atoms with van der Waals surface area (Å²) >= 11 is 0. The minimum Gasteiger partial charge on any atom is -0.493 e. The van der Waals surface area contributed by atoms with E-state index in [-0.39, 0.29) is 23.1 Å². The Labute approximate surface area is 168 Å². The Balaban J connectivity index is 1.41. The van der Waals surface area contributed by atoms with Crippen molar-refractivity contribution in [3.8, 4) is 5.75 Å². The number of ether oxygens (including phenoxy) is 1. The van der Waals surface area contributed by atoms with Gasteiger partial charge in [0.05, 0.1) is 18.9 Å². The first-order valence-corrected chi connectivity index (χ1v) is 10.5. The quantitative estimate of drug-likeness (QED) is 0.753. The third-order valence-corrected chi connectivity index (χ3v) is 5.97. The Kier molecular flexibility index (Phi) is 7.31. The zero-order valence-corrected chi connectivity index (χ0v) is 16.9. The molecule has 0 radical (unpaired) electrons. The number of likely N-dealkylation sites (tertiary alicyclic amines) is 1. The van der Waals surface area contributed by atoms with E-state index in [1.165, 1.54) is 0 Å². The molecule has 0 spiro atoms. The average molecular weight is 388 g/mol. The van der Waals surface area contributed by atoms with Gasteiger partial charge in [0.2, 0.25) is 11.8 Å². The molecule has 28 heavy (non-hydrogen) atoms. The van der Waals surface area contributed by atoms with Crippen LogP contribution in [0.2, 0.25) is 0 Å². The van der Waals surface area contributed by atoms with E-state index in [1.54, 1.807) is 0 Å². The average Bonchev–Trinajstić information content (AvgIpc) is 2.73. The summed E-state index contributed by atoms with van der Waals surface area (Å²) in [6, 6.07) is 9.52. The maximum Gasteiger partial charge on any atom is 0.226 e. The number of amides is 2. The first-order chi connectivity index (χ1) is 13.6. The lowest BCUT2D eigenvalue weighted by atomic mass is 9.81. The topological polar surface area (TPSA) is 70.7 Å². The van der Waals surface area contributed by atoms with Crippen molar-refractivity contribution in [3.63, 3.8) is 0 Å². The molecular weight excluding hydrogens is 354 g/mol. The Morgan fingerprint density at radius 1 is 1.25 bits per heavy atom. The zero-order valence-electron chi connectivity index (χ0n) is 16.9. The number of nitrogens with one attached hydrogen (secondary N) is 2. The maximum absolute atomic E-state index is 12.7. The Morgan fingerprint density at radius 3 is 2.75 bits per heavy atom. The second-order valence-electron chi connectivity index (χ2n) is 8.37. The molecule has 1 aromatic rings. The molecule has 154 valence electrons. The fraction of sp³-hybridized carbons (Fsp3) is 0.636. The lowest BCUT2D eigenvalue weighted by Gasteiger charge is -2.36. The van der Waals surface area contributed by atoms with E-state index >= 15 is 0 Å². The maximum atomic E-state index is 12.7. The minimum absolute atomic E-state index is 0.0683. The molecule has 2 saturated heterocycles. The third kappa shape index (κ3) is 5.96. The van der Waals surface area contributed by atoms with Crippen molar-refractivity contribution in [1.29, 1.82) is 0 Å². The second kappa shape index (κ2) is 9.92. The van der Waals surface area contributed by atoms with Crippen LogP contribution < -0.4 is 15.4 Å². The van der Waals surface area contributed by atoms with Crippen LogP contribution in [-0.2, 0) is 9.59 Å². The van der Waals surface area contributed by atoms with Crippen LogP contribution in [0.25, 0.3) is 0 Å². The number of carbonyl (C=O) groups is 2. The minimum atomic E-state index is -0.0990. The first kappa shape index (κ1) is 20.6. The molecule has 0 aromatic heterocycles. The molecule has 1 aromatic carbocycles. The summed E-state index contributed by atoms with van der Waals surface area (Å²) in [6.07, 6.45) is 4.25. The van der Waals surface area contributed by atoms with Gasteiger partial charge in [0.25, 0.3) is 0 Å². The molecule has 6 heteroatoms. The molecule has 2 N–H and O–H groups in total. The van der Waals surface area contributed by atoms with E-state index in [0.717, 1.165) is 57.6 Å². The number of carbonyl (C=O) groups excluding carboxylic acids is 2. The van der Waals surface area contributed by atoms with Crippen molar-refractivity contribution >= 4 is 11.8 Å². The molecule has 1 atom stereocenters. The molecule has 1 unspecified atom stereocenters. The number of hydrogen-bond acceptors (Lipinski definition) is 4. The highest BCUT2D eigenvalue weighted by molar-refractivity contribution is 5.81. The predicted octanol–water partition coefficient (Wildman–Crippen LogP) is 2.20. The van der Waals surface area contributed by atoms with Crippen LogP contribution >= 0.6 is 0 Å². The van der Waals surface area contributed by atoms with Crippen molar-refractivity contribution in [3.05, 3.63) is 30.3 Å². The summed E-state index contributed by atoms with van der Waals surface area (Å²) < 4.78 is 5.63. The van der Waals surface area contributed by atoms with Crippen molar-refractivity contribution in [2.24, 2.45) is 11.3 Å². The van der Waals surface area contributed by atoms with Gasteiger partial charge in [-0.2, -0.15) is 0 Å². The van der Waals surface area contributed by atoms with Gasteiger partial charge in [-0.25, -0.2) is 0 Å². The van der Waals surface area contributed by atoms with E-state index in [1.807, 2.05) is 35.2 Å². The van der Waals surface area contributed by atoms with Crippen LogP contribution in [0, 0.1) is 11.3 Å². The molecule has 0 saturated carbocycles. The summed E-state index contributed by atoms with van der Waals surface area (Å²) in [5.74, 6) is 0.840. The fourth-order valence-electron chi connectivity index (χ4n) is 4.00. The smallest absolute Gasteiger partial charge is 0.226 e. The highest BCUT2D eigenvalue weighted by atomic mass is 16.5. The number of piperidine rings is 2. The molecule has 2 amide bonds. The van der Waals surface area contributed by atoms with Crippen LogP contribution in [0.15, 0.2) is 30.3 Å². The van der Waals surface area contributed by atoms with Crippen molar-refractivity contribution in [2.45, 2.75) is 39.0 Å². The number of nitrogens with zero attached hydrogens (tertiary/aromatic N) is 1. The van der Waals surface area contributed by atoms with E-state index in [0.29, 0.717) is 19.6 Å². The number of rotatable bonds is 7.